The van der Waals surface area contributed by atoms with Crippen LogP contribution in [0.15, 0.2) is 73.1 Å². The first-order valence-corrected chi connectivity index (χ1v) is 9.39. The number of urea groups is 1. The van der Waals surface area contributed by atoms with Crippen LogP contribution in [0.3, 0.4) is 0 Å². The molecule has 3 aromatic rings. The number of anilines is 2. The van der Waals surface area contributed by atoms with E-state index in [1.165, 1.54) is 6.07 Å². The van der Waals surface area contributed by atoms with Crippen LogP contribution >= 0.6 is 0 Å². The molecule has 1 aliphatic rings. The van der Waals surface area contributed by atoms with Crippen molar-refractivity contribution in [3.8, 4) is 5.69 Å². The number of carbonyl (C=O) groups is 1. The molecule has 0 spiro atoms. The molecule has 0 saturated carbocycles. The number of benzene rings is 2. The average molecular weight is 391 g/mol. The molecule has 1 aromatic heterocycles. The highest BCUT2D eigenvalue weighted by molar-refractivity contribution is 5.89. The molecule has 1 saturated heterocycles. The maximum Gasteiger partial charge on any atom is 0.321 e. The number of nitrogens with one attached hydrogen (secondary N) is 1. The Morgan fingerprint density at radius 1 is 0.931 bits per heavy atom. The lowest BCUT2D eigenvalue weighted by molar-refractivity contribution is -0.384. The molecule has 0 aliphatic carbocycles. The van der Waals surface area contributed by atoms with Gasteiger partial charge in [-0.1, -0.05) is 18.2 Å². The molecule has 148 valence electrons. The van der Waals surface area contributed by atoms with Crippen molar-refractivity contribution in [1.82, 2.24) is 9.47 Å². The number of para-hydroxylation sites is 2. The number of amides is 2. The van der Waals surface area contributed by atoms with Gasteiger partial charge < -0.3 is 19.7 Å². The number of carbonyl (C=O) groups excluding carboxylic acids is 1. The molecule has 0 radical (unpaired) electrons. The van der Waals surface area contributed by atoms with E-state index >= 15 is 0 Å². The maximum absolute atomic E-state index is 12.7. The summed E-state index contributed by atoms with van der Waals surface area (Å²) in [5, 5.41) is 14.2. The number of rotatable bonds is 4. The van der Waals surface area contributed by atoms with Gasteiger partial charge in [0.05, 0.1) is 4.92 Å². The van der Waals surface area contributed by atoms with Crippen molar-refractivity contribution in [2.24, 2.45) is 0 Å². The van der Waals surface area contributed by atoms with Crippen LogP contribution in [0.4, 0.5) is 21.9 Å². The van der Waals surface area contributed by atoms with E-state index in [-0.39, 0.29) is 16.6 Å². The molecule has 0 unspecified atom stereocenters. The summed E-state index contributed by atoms with van der Waals surface area (Å²) in [7, 11) is 0. The van der Waals surface area contributed by atoms with Crippen LogP contribution in [0.5, 0.6) is 0 Å². The van der Waals surface area contributed by atoms with Crippen LogP contribution in [0.2, 0.25) is 0 Å². The van der Waals surface area contributed by atoms with Crippen molar-refractivity contribution in [2.45, 2.75) is 0 Å². The third-order valence-corrected chi connectivity index (χ3v) is 4.99. The molecule has 29 heavy (non-hydrogen) atoms. The molecular weight excluding hydrogens is 370 g/mol. The molecule has 1 N–H and O–H groups in total. The van der Waals surface area contributed by atoms with Gasteiger partial charge >= 0.3 is 6.03 Å². The molecule has 2 aromatic carbocycles. The van der Waals surface area contributed by atoms with Crippen LogP contribution in [0.25, 0.3) is 5.69 Å². The van der Waals surface area contributed by atoms with E-state index in [0.717, 1.165) is 11.4 Å². The van der Waals surface area contributed by atoms with Crippen LogP contribution in [-0.4, -0.2) is 46.6 Å². The first-order valence-electron chi connectivity index (χ1n) is 9.39. The summed E-state index contributed by atoms with van der Waals surface area (Å²) in [5.41, 5.74) is 2.38. The fraction of sp³-hybridized carbons (Fsp3) is 0.190. The number of hydrogen-bond acceptors (Lipinski definition) is 4. The number of aromatic nitrogens is 1. The summed E-state index contributed by atoms with van der Waals surface area (Å²) < 4.78 is 1.97. The van der Waals surface area contributed by atoms with Gasteiger partial charge in [0.1, 0.15) is 5.69 Å². The smallest absolute Gasteiger partial charge is 0.321 e. The molecule has 0 atom stereocenters. The van der Waals surface area contributed by atoms with Crippen molar-refractivity contribution in [2.75, 3.05) is 36.4 Å². The summed E-state index contributed by atoms with van der Waals surface area (Å²) >= 11 is 0. The molecular formula is C21H21N5O3. The Kier molecular flexibility index (Phi) is 5.15. The van der Waals surface area contributed by atoms with Crippen molar-refractivity contribution < 1.29 is 9.72 Å². The molecule has 0 bridgehead atoms. The predicted octanol–water partition coefficient (Wildman–Crippen LogP) is 3.74. The predicted molar refractivity (Wildman–Crippen MR) is 112 cm³/mol. The lowest BCUT2D eigenvalue weighted by atomic mass is 10.2. The minimum Gasteiger partial charge on any atom is -0.362 e. The Bertz CT molecular complexity index is 1010. The standard InChI is InChI=1S/C21H21N5O3/c27-21(22-17-6-5-7-18(16-17)23-10-3-4-11-23)25-14-12-24(13-15-25)19-8-1-2-9-20(19)26(28)29/h1-11,16H,12-15H2,(H,22,27). The van der Waals surface area contributed by atoms with Gasteiger partial charge in [-0.15, -0.1) is 0 Å². The molecule has 2 heterocycles. The molecule has 8 heteroatoms. The zero-order chi connectivity index (χ0) is 20.2. The van der Waals surface area contributed by atoms with Crippen molar-refractivity contribution in [1.29, 1.82) is 0 Å². The van der Waals surface area contributed by atoms with E-state index in [4.69, 9.17) is 0 Å². The Labute approximate surface area is 168 Å². The molecule has 1 aliphatic heterocycles. The van der Waals surface area contributed by atoms with Gasteiger partial charge in [0.15, 0.2) is 0 Å². The van der Waals surface area contributed by atoms with E-state index in [0.29, 0.717) is 31.9 Å². The van der Waals surface area contributed by atoms with Gasteiger partial charge in [-0.3, -0.25) is 10.1 Å². The quantitative estimate of drug-likeness (QED) is 0.542. The molecule has 2 amide bonds. The molecule has 4 rings (SSSR count). The normalized spacial score (nSPS) is 13.9. The fourth-order valence-corrected chi connectivity index (χ4v) is 3.49. The van der Waals surface area contributed by atoms with Crippen LogP contribution in [0.1, 0.15) is 0 Å². The third-order valence-electron chi connectivity index (χ3n) is 4.99. The van der Waals surface area contributed by atoms with Crippen LogP contribution in [0, 0.1) is 10.1 Å². The first-order chi connectivity index (χ1) is 14.1. The monoisotopic (exact) mass is 391 g/mol. The summed E-state index contributed by atoms with van der Waals surface area (Å²) in [6, 6.07) is 18.1. The Balaban J connectivity index is 1.39. The Morgan fingerprint density at radius 2 is 1.66 bits per heavy atom. The molecule has 8 nitrogen and oxygen atoms in total. The van der Waals surface area contributed by atoms with Gasteiger partial charge in [-0.2, -0.15) is 0 Å². The first kappa shape index (κ1) is 18.5. The number of nitro groups is 1. The van der Waals surface area contributed by atoms with Crippen LogP contribution in [-0.2, 0) is 0 Å². The van der Waals surface area contributed by atoms with Crippen LogP contribution < -0.4 is 10.2 Å². The minimum atomic E-state index is -0.369. The Morgan fingerprint density at radius 3 is 2.38 bits per heavy atom. The largest absolute Gasteiger partial charge is 0.362 e. The SMILES string of the molecule is O=C(Nc1cccc(-n2cccc2)c1)N1CCN(c2ccccc2[N+](=O)[O-])CC1. The number of nitro benzene ring substituents is 1. The lowest BCUT2D eigenvalue weighted by Gasteiger charge is -2.35. The highest BCUT2D eigenvalue weighted by Gasteiger charge is 2.25. The van der Waals surface area contributed by atoms with E-state index < -0.39 is 0 Å². The summed E-state index contributed by atoms with van der Waals surface area (Å²) in [5.74, 6) is 0. The third kappa shape index (κ3) is 4.06. The highest BCUT2D eigenvalue weighted by atomic mass is 16.6. The van der Waals surface area contributed by atoms with Gasteiger partial charge in [0, 0.05) is 56.0 Å². The summed E-state index contributed by atoms with van der Waals surface area (Å²) in [4.78, 5) is 27.2. The maximum atomic E-state index is 12.7. The van der Waals surface area contributed by atoms with Gasteiger partial charge in [0.25, 0.3) is 5.69 Å². The van der Waals surface area contributed by atoms with E-state index in [9.17, 15) is 14.9 Å². The fourth-order valence-electron chi connectivity index (χ4n) is 3.49. The number of hydrogen-bond donors (Lipinski definition) is 1. The van der Waals surface area contributed by atoms with Gasteiger partial charge in [0.2, 0.25) is 0 Å². The number of nitrogens with zero attached hydrogens (tertiary/aromatic N) is 4. The van der Waals surface area contributed by atoms with Gasteiger partial charge in [-0.05, 0) is 36.4 Å². The zero-order valence-electron chi connectivity index (χ0n) is 15.8. The van der Waals surface area contributed by atoms with Gasteiger partial charge in [-0.25, -0.2) is 4.79 Å². The van der Waals surface area contributed by atoms with E-state index in [1.54, 1.807) is 23.1 Å². The van der Waals surface area contributed by atoms with Crippen molar-refractivity contribution in [3.05, 3.63) is 83.2 Å². The van der Waals surface area contributed by atoms with E-state index in [2.05, 4.69) is 5.32 Å². The topological polar surface area (TPSA) is 83.7 Å². The van der Waals surface area contributed by atoms with E-state index in [1.807, 2.05) is 58.3 Å². The Hall–Kier alpha value is -3.81. The highest BCUT2D eigenvalue weighted by Crippen LogP contribution is 2.28. The second-order valence-electron chi connectivity index (χ2n) is 6.79. The second kappa shape index (κ2) is 8.05. The van der Waals surface area contributed by atoms with Crippen molar-refractivity contribution >= 4 is 23.1 Å². The second-order valence-corrected chi connectivity index (χ2v) is 6.79. The summed E-state index contributed by atoms with van der Waals surface area (Å²) in [6.45, 7) is 2.08. The number of piperazine rings is 1. The minimum absolute atomic E-state index is 0.0900. The molecule has 1 fully saturated rings. The van der Waals surface area contributed by atoms with Crippen molar-refractivity contribution in [3.63, 3.8) is 0 Å². The zero-order valence-corrected chi connectivity index (χ0v) is 15.8. The summed E-state index contributed by atoms with van der Waals surface area (Å²) in [6.07, 6.45) is 3.89. The average Bonchev–Trinajstić information content (AvgIpc) is 3.29. The lowest BCUT2D eigenvalue weighted by Crippen LogP contribution is -2.50.